The molecule has 0 spiro atoms. The Bertz CT molecular complexity index is 1490. The minimum atomic E-state index is -0.271. The van der Waals surface area contributed by atoms with E-state index in [1.165, 1.54) is 51.4 Å². The van der Waals surface area contributed by atoms with Gasteiger partial charge in [-0.25, -0.2) is 4.79 Å². The fourth-order valence-electron chi connectivity index (χ4n) is 12.3. The van der Waals surface area contributed by atoms with Gasteiger partial charge in [-0.1, -0.05) is 83.7 Å². The van der Waals surface area contributed by atoms with E-state index < -0.39 is 0 Å². The molecule has 4 saturated carbocycles. The molecule has 6 heteroatoms. The van der Waals surface area contributed by atoms with Crippen LogP contribution < -0.4 is 4.74 Å². The van der Waals surface area contributed by atoms with Gasteiger partial charge in [0.1, 0.15) is 24.6 Å². The first kappa shape index (κ1) is 36.7. The maximum Gasteiger partial charge on any atom is 0.332 e. The lowest BCUT2D eigenvalue weighted by molar-refractivity contribution is -0.161. The molecule has 1 aliphatic heterocycles. The molecular formula is C45H64O6. The van der Waals surface area contributed by atoms with Crippen LogP contribution in [0, 0.1) is 52.3 Å². The molecule has 51 heavy (non-hydrogen) atoms. The number of allylic oxidation sites excluding steroid dienone is 2. The van der Waals surface area contributed by atoms with Gasteiger partial charge < -0.3 is 18.9 Å². The zero-order chi connectivity index (χ0) is 35.9. The van der Waals surface area contributed by atoms with E-state index in [1.807, 2.05) is 24.3 Å². The molecule has 1 aromatic rings. The lowest BCUT2D eigenvalue weighted by atomic mass is 9.47. The fraction of sp³-hybridized carbons (Fsp3) is 0.733. The zero-order valence-electron chi connectivity index (χ0n) is 32.3. The van der Waals surface area contributed by atoms with Crippen molar-refractivity contribution in [1.29, 1.82) is 0 Å². The molecule has 4 fully saturated rings. The first-order chi connectivity index (χ1) is 24.5. The predicted octanol–water partition coefficient (Wildman–Crippen LogP) is 10.1. The van der Waals surface area contributed by atoms with Crippen molar-refractivity contribution in [1.82, 2.24) is 0 Å². The number of ketones is 1. The van der Waals surface area contributed by atoms with E-state index in [9.17, 15) is 9.59 Å². The summed E-state index contributed by atoms with van der Waals surface area (Å²) >= 11 is 0. The largest absolute Gasteiger partial charge is 0.496 e. The molecule has 7 rings (SSSR count). The van der Waals surface area contributed by atoms with Gasteiger partial charge in [-0.2, -0.15) is 0 Å². The third-order valence-corrected chi connectivity index (χ3v) is 15.1. The second kappa shape index (κ2) is 15.0. The average molecular weight is 701 g/mol. The number of carbonyl (C=O) groups excluding carboxylic acids is 2. The van der Waals surface area contributed by atoms with E-state index in [-0.39, 0.29) is 48.0 Å². The Hall–Kier alpha value is -2.60. The average Bonchev–Trinajstić information content (AvgIpc) is 3.48. The molecule has 6 nitrogen and oxygen atoms in total. The van der Waals surface area contributed by atoms with Gasteiger partial charge in [0.2, 0.25) is 0 Å². The van der Waals surface area contributed by atoms with Gasteiger partial charge in [-0.3, -0.25) is 4.79 Å². The molecule has 1 heterocycles. The summed E-state index contributed by atoms with van der Waals surface area (Å²) in [6, 6.07) is 7.55. The number of methoxy groups -OCH3 is 1. The van der Waals surface area contributed by atoms with Crippen LogP contribution in [-0.2, 0) is 23.8 Å². The molecule has 0 N–H and O–H groups in total. The van der Waals surface area contributed by atoms with E-state index >= 15 is 0 Å². The van der Waals surface area contributed by atoms with Crippen molar-refractivity contribution >= 4 is 17.3 Å². The van der Waals surface area contributed by atoms with Crippen molar-refractivity contribution < 1.29 is 28.5 Å². The second-order valence-electron chi connectivity index (χ2n) is 18.3. The molecule has 280 valence electrons. The minimum absolute atomic E-state index is 0.0485. The Labute approximate surface area is 307 Å². The molecule has 0 saturated heterocycles. The van der Waals surface area contributed by atoms with Crippen molar-refractivity contribution in [3.63, 3.8) is 0 Å². The van der Waals surface area contributed by atoms with Gasteiger partial charge in [0.25, 0.3) is 0 Å². The van der Waals surface area contributed by atoms with Gasteiger partial charge in [-0.05, 0) is 110 Å². The fourth-order valence-corrected chi connectivity index (χ4v) is 12.3. The van der Waals surface area contributed by atoms with Crippen molar-refractivity contribution in [2.24, 2.45) is 52.3 Å². The molecule has 4 unspecified atom stereocenters. The van der Waals surface area contributed by atoms with Gasteiger partial charge in [-0.15, -0.1) is 0 Å². The summed E-state index contributed by atoms with van der Waals surface area (Å²) in [4.78, 5) is 26.5. The molecule has 5 aliphatic carbocycles. The number of Topliss-reactive ketones (excluding diaryl/α,β-unsaturated/α-hetero) is 1. The van der Waals surface area contributed by atoms with Gasteiger partial charge in [0.15, 0.2) is 5.78 Å². The Morgan fingerprint density at radius 3 is 2.59 bits per heavy atom. The maximum absolute atomic E-state index is 13.4. The monoisotopic (exact) mass is 700 g/mol. The van der Waals surface area contributed by atoms with Crippen LogP contribution >= 0.6 is 0 Å². The van der Waals surface area contributed by atoms with Crippen molar-refractivity contribution in [3.05, 3.63) is 47.7 Å². The molecule has 11 atom stereocenters. The van der Waals surface area contributed by atoms with Crippen LogP contribution in [-0.4, -0.2) is 43.8 Å². The topological polar surface area (TPSA) is 71.1 Å². The number of esters is 1. The summed E-state index contributed by atoms with van der Waals surface area (Å²) in [7, 11) is 1.61. The summed E-state index contributed by atoms with van der Waals surface area (Å²) < 4.78 is 23.8. The lowest BCUT2D eigenvalue weighted by Gasteiger charge is -2.58. The highest BCUT2D eigenvalue weighted by Crippen LogP contribution is 2.67. The Morgan fingerprint density at radius 2 is 1.78 bits per heavy atom. The molecule has 6 aliphatic rings. The van der Waals surface area contributed by atoms with Crippen molar-refractivity contribution in [2.75, 3.05) is 13.7 Å². The molecule has 0 bridgehead atoms. The van der Waals surface area contributed by atoms with E-state index in [0.29, 0.717) is 29.6 Å². The molecule has 0 amide bonds. The summed E-state index contributed by atoms with van der Waals surface area (Å²) in [5.74, 6) is 5.23. The highest BCUT2D eigenvalue weighted by atomic mass is 16.6. The predicted molar refractivity (Wildman–Crippen MR) is 201 cm³/mol. The number of carbonyl (C=O) groups is 2. The third kappa shape index (κ3) is 7.09. The Kier molecular flexibility index (Phi) is 10.8. The number of fused-ring (bicyclic) bond motifs is 6. The van der Waals surface area contributed by atoms with E-state index in [1.54, 1.807) is 18.9 Å². The van der Waals surface area contributed by atoms with Gasteiger partial charge in [0, 0.05) is 18.4 Å². The molecular weight excluding hydrogens is 636 g/mol. The van der Waals surface area contributed by atoms with Crippen molar-refractivity contribution in [2.45, 2.75) is 143 Å². The van der Waals surface area contributed by atoms with E-state index in [2.05, 4.69) is 40.7 Å². The van der Waals surface area contributed by atoms with Crippen LogP contribution in [0.5, 0.6) is 5.75 Å². The minimum Gasteiger partial charge on any atom is -0.496 e. The number of ether oxygens (including phenoxy) is 4. The first-order valence-electron chi connectivity index (χ1n) is 20.6. The number of rotatable bonds is 11. The van der Waals surface area contributed by atoms with Gasteiger partial charge >= 0.3 is 5.97 Å². The SMILES string of the molecule is COc1ccccc1C1=COC2CC(OCC(=O)O[C@H]3CC[C@@]4(C)C(=CC[C@H]5C6CC[C@H]([C@H](C)CCCC(C)C)[C@@]6(C)CC[C@@H]54)C3)CCC2C1=O. The summed E-state index contributed by atoms with van der Waals surface area (Å²) in [5.41, 5.74) is 3.61. The normalized spacial score (nSPS) is 37.9. The van der Waals surface area contributed by atoms with Crippen LogP contribution in [0.1, 0.15) is 130 Å². The van der Waals surface area contributed by atoms with E-state index in [0.717, 1.165) is 66.8 Å². The summed E-state index contributed by atoms with van der Waals surface area (Å²) in [6.45, 7) is 12.5. The third-order valence-electron chi connectivity index (χ3n) is 15.1. The highest BCUT2D eigenvalue weighted by Gasteiger charge is 2.59. The van der Waals surface area contributed by atoms with Gasteiger partial charge in [0.05, 0.1) is 31.0 Å². The van der Waals surface area contributed by atoms with Crippen molar-refractivity contribution in [3.8, 4) is 5.75 Å². The Morgan fingerprint density at radius 1 is 0.961 bits per heavy atom. The summed E-state index contributed by atoms with van der Waals surface area (Å²) in [6.07, 6.45) is 19.6. The maximum atomic E-state index is 13.4. The van der Waals surface area contributed by atoms with Crippen LogP contribution in [0.4, 0.5) is 0 Å². The number of para-hydroxylation sites is 1. The number of hydrogen-bond donors (Lipinski definition) is 0. The summed E-state index contributed by atoms with van der Waals surface area (Å²) in [5, 5.41) is 0. The lowest BCUT2D eigenvalue weighted by Crippen LogP contribution is -2.51. The van der Waals surface area contributed by atoms with Crippen LogP contribution in [0.15, 0.2) is 42.2 Å². The highest BCUT2D eigenvalue weighted by molar-refractivity contribution is 6.22. The molecule has 1 aromatic carbocycles. The quantitative estimate of drug-likeness (QED) is 0.169. The van der Waals surface area contributed by atoms with Crippen LogP contribution in [0.3, 0.4) is 0 Å². The van der Waals surface area contributed by atoms with E-state index in [4.69, 9.17) is 18.9 Å². The molecule has 0 radical (unpaired) electrons. The van der Waals surface area contributed by atoms with Crippen LogP contribution in [0.25, 0.3) is 5.57 Å². The second-order valence-corrected chi connectivity index (χ2v) is 18.3. The Balaban J connectivity index is 0.897. The molecule has 0 aromatic heterocycles. The smallest absolute Gasteiger partial charge is 0.332 e. The number of hydrogen-bond acceptors (Lipinski definition) is 6. The number of benzene rings is 1. The zero-order valence-corrected chi connectivity index (χ0v) is 32.3. The van der Waals surface area contributed by atoms with Crippen LogP contribution in [0.2, 0.25) is 0 Å². The standard InChI is InChI=1S/C45H64O6/c1-28(2)10-9-11-29(3)37-18-19-38-34-16-14-30-24-32(20-22-44(30,4)39(34)21-23-45(37,38)5)51-42(46)27-49-31-15-17-35-41(25-31)50-26-36(43(35)47)33-12-7-8-13-40(33)48-6/h7-8,12-14,26,28-29,31-32,34-35,37-39,41H,9-11,15-25,27H2,1-6H3/t29-,31?,32+,34+,35?,37-,38?,39+,41?,44+,45-/m1/s1. The first-order valence-corrected chi connectivity index (χ1v) is 20.6.